The minimum Gasteiger partial charge on any atom is -0.306 e. The summed E-state index contributed by atoms with van der Waals surface area (Å²) in [6.07, 6.45) is 5.50. The first-order chi connectivity index (χ1) is 18.9. The van der Waals surface area contributed by atoms with Crippen LogP contribution in [0.5, 0.6) is 0 Å². The lowest BCUT2D eigenvalue weighted by Crippen LogP contribution is -1.99. The van der Waals surface area contributed by atoms with Gasteiger partial charge in [0.05, 0.1) is 22.1 Å². The highest BCUT2D eigenvalue weighted by Gasteiger charge is 2.21. The van der Waals surface area contributed by atoms with E-state index in [1.807, 2.05) is 48.9 Å². The highest BCUT2D eigenvalue weighted by molar-refractivity contribution is 6.13. The number of pyridine rings is 4. The van der Waals surface area contributed by atoms with Crippen LogP contribution in [0.4, 0.5) is 0 Å². The van der Waals surface area contributed by atoms with Gasteiger partial charge in [0, 0.05) is 24.3 Å². The van der Waals surface area contributed by atoms with Crippen LogP contribution < -0.4 is 0 Å². The number of rotatable bonds is 3. The Hall–Kier alpha value is -5.36. The van der Waals surface area contributed by atoms with Gasteiger partial charge in [0.25, 0.3) is 0 Å². The van der Waals surface area contributed by atoms with Crippen LogP contribution >= 0.6 is 0 Å². The van der Waals surface area contributed by atoms with E-state index in [-0.39, 0.29) is 0 Å². The van der Waals surface area contributed by atoms with Gasteiger partial charge in [-0.15, -0.1) is 0 Å². The molecule has 0 atom stereocenters. The highest BCUT2D eigenvalue weighted by Crippen LogP contribution is 2.36. The Labute approximate surface area is 217 Å². The van der Waals surface area contributed by atoms with Gasteiger partial charge in [-0.05, 0) is 65.7 Å². The smallest absolute Gasteiger partial charge is 0.138 e. The topological polar surface area (TPSA) is 61.4 Å². The molecule has 0 unspecified atom stereocenters. The number of aromatic nitrogens is 6. The lowest BCUT2D eigenvalue weighted by Gasteiger charge is -2.10. The van der Waals surface area contributed by atoms with Crippen molar-refractivity contribution >= 4 is 44.1 Å². The zero-order valence-electron chi connectivity index (χ0n) is 20.2. The van der Waals surface area contributed by atoms with Crippen molar-refractivity contribution in [1.82, 2.24) is 29.1 Å². The third-order valence-corrected chi connectivity index (χ3v) is 7.06. The van der Waals surface area contributed by atoms with Crippen LogP contribution in [0.15, 0.2) is 122 Å². The van der Waals surface area contributed by atoms with Crippen LogP contribution in [0.25, 0.3) is 66.8 Å². The molecule has 8 rings (SSSR count). The molecule has 0 amide bonds. The average molecular weight is 489 g/mol. The van der Waals surface area contributed by atoms with E-state index in [0.717, 1.165) is 66.8 Å². The Bertz CT molecular complexity index is 2120. The van der Waals surface area contributed by atoms with Gasteiger partial charge in [-0.25, -0.2) is 9.97 Å². The van der Waals surface area contributed by atoms with Crippen LogP contribution in [0.3, 0.4) is 0 Å². The van der Waals surface area contributed by atoms with Crippen molar-refractivity contribution < 1.29 is 0 Å². The quantitative estimate of drug-likeness (QED) is 0.265. The van der Waals surface area contributed by atoms with E-state index >= 15 is 0 Å². The fraction of sp³-hybridized carbons (Fsp3) is 0. The van der Waals surface area contributed by atoms with Crippen LogP contribution in [0.2, 0.25) is 0 Å². The largest absolute Gasteiger partial charge is 0.306 e. The second-order valence-corrected chi connectivity index (χ2v) is 9.24. The van der Waals surface area contributed by atoms with E-state index in [0.29, 0.717) is 0 Å². The van der Waals surface area contributed by atoms with E-state index < -0.39 is 0 Å². The van der Waals surface area contributed by atoms with Crippen molar-refractivity contribution in [1.29, 1.82) is 0 Å². The monoisotopic (exact) mass is 488 g/mol. The summed E-state index contributed by atoms with van der Waals surface area (Å²) in [5.41, 5.74) is 10.6. The van der Waals surface area contributed by atoms with Crippen molar-refractivity contribution in [2.75, 3.05) is 0 Å². The zero-order valence-corrected chi connectivity index (χ0v) is 20.2. The predicted octanol–water partition coefficient (Wildman–Crippen LogP) is 7.13. The summed E-state index contributed by atoms with van der Waals surface area (Å²) < 4.78 is 4.39. The predicted molar refractivity (Wildman–Crippen MR) is 152 cm³/mol. The molecule has 0 radical (unpaired) electrons. The van der Waals surface area contributed by atoms with Gasteiger partial charge in [0.1, 0.15) is 27.9 Å². The minimum atomic E-state index is 0.820. The van der Waals surface area contributed by atoms with Crippen molar-refractivity contribution in [3.05, 3.63) is 122 Å². The highest BCUT2D eigenvalue weighted by atomic mass is 15.1. The second kappa shape index (κ2) is 8.08. The van der Waals surface area contributed by atoms with Gasteiger partial charge in [-0.1, -0.05) is 48.5 Å². The normalized spacial score (nSPS) is 11.7. The van der Waals surface area contributed by atoms with E-state index in [4.69, 9.17) is 19.9 Å². The number of nitrogens with zero attached hydrogens (tertiary/aromatic N) is 6. The first-order valence-corrected chi connectivity index (χ1v) is 12.5. The fourth-order valence-corrected chi connectivity index (χ4v) is 5.41. The molecule has 0 saturated carbocycles. The third kappa shape index (κ3) is 3.01. The maximum Gasteiger partial charge on any atom is 0.138 e. The lowest BCUT2D eigenvalue weighted by molar-refractivity contribution is 1.08. The number of hydrogen-bond donors (Lipinski definition) is 0. The fourth-order valence-electron chi connectivity index (χ4n) is 5.41. The van der Waals surface area contributed by atoms with Crippen LogP contribution in [0.1, 0.15) is 0 Å². The van der Waals surface area contributed by atoms with Crippen molar-refractivity contribution in [3.8, 4) is 22.6 Å². The maximum absolute atomic E-state index is 5.21. The first kappa shape index (κ1) is 20.8. The molecular formula is C32H20N6. The molecule has 0 spiro atoms. The van der Waals surface area contributed by atoms with Gasteiger partial charge in [0.15, 0.2) is 0 Å². The van der Waals surface area contributed by atoms with Gasteiger partial charge >= 0.3 is 0 Å². The lowest BCUT2D eigenvalue weighted by atomic mass is 10.1. The summed E-state index contributed by atoms with van der Waals surface area (Å²) in [6.45, 7) is 0. The SMILES string of the molecule is c1ccc(-c2ccnc(-n3c4cccnc4c4nc5c6ncccc6n(-c6ccccc6)c5cc43)c2)cc1. The Balaban J connectivity index is 1.50. The van der Waals surface area contributed by atoms with E-state index in [9.17, 15) is 0 Å². The zero-order chi connectivity index (χ0) is 25.1. The molecule has 2 aromatic carbocycles. The summed E-state index contributed by atoms with van der Waals surface area (Å²) in [6, 6.07) is 35.2. The molecule has 6 nitrogen and oxygen atoms in total. The van der Waals surface area contributed by atoms with Crippen LogP contribution in [-0.4, -0.2) is 29.1 Å². The summed E-state index contributed by atoms with van der Waals surface area (Å²) in [7, 11) is 0. The van der Waals surface area contributed by atoms with Gasteiger partial charge < -0.3 is 4.57 Å². The van der Waals surface area contributed by atoms with Crippen LogP contribution in [0, 0.1) is 0 Å². The molecule has 0 saturated heterocycles. The van der Waals surface area contributed by atoms with Crippen molar-refractivity contribution in [2.24, 2.45) is 0 Å². The Kier molecular flexibility index (Phi) is 4.42. The van der Waals surface area contributed by atoms with Crippen molar-refractivity contribution in [3.63, 3.8) is 0 Å². The average Bonchev–Trinajstić information content (AvgIpc) is 3.49. The van der Waals surface area contributed by atoms with Gasteiger partial charge in [-0.3, -0.25) is 14.5 Å². The maximum atomic E-state index is 5.21. The molecule has 8 aromatic rings. The molecule has 0 N–H and O–H groups in total. The Morgan fingerprint density at radius 2 is 1.05 bits per heavy atom. The number of hydrogen-bond acceptors (Lipinski definition) is 4. The molecule has 0 fully saturated rings. The molecule has 38 heavy (non-hydrogen) atoms. The van der Waals surface area contributed by atoms with Crippen molar-refractivity contribution in [2.45, 2.75) is 0 Å². The number of fused-ring (bicyclic) bond motifs is 6. The Morgan fingerprint density at radius 3 is 1.76 bits per heavy atom. The van der Waals surface area contributed by atoms with Gasteiger partial charge in [0.2, 0.25) is 0 Å². The Morgan fingerprint density at radius 1 is 0.421 bits per heavy atom. The molecule has 6 aromatic heterocycles. The van der Waals surface area contributed by atoms with E-state index in [2.05, 4.69) is 81.9 Å². The van der Waals surface area contributed by atoms with Crippen LogP contribution in [-0.2, 0) is 0 Å². The molecule has 0 aliphatic carbocycles. The summed E-state index contributed by atoms with van der Waals surface area (Å²) in [5.74, 6) is 0.820. The standard InChI is InChI=1S/C32H20N6/c1-3-9-21(10-4-1)22-15-18-33-28(19-22)38-25-14-8-17-35-30(25)32-27(38)20-26-31(36-32)29-24(13-7-16-34-29)37(26)23-11-5-2-6-12-23/h1-20H. The first-order valence-electron chi connectivity index (χ1n) is 12.5. The molecule has 6 heteroatoms. The molecule has 6 heterocycles. The number of para-hydroxylation sites is 1. The summed E-state index contributed by atoms with van der Waals surface area (Å²) >= 11 is 0. The molecule has 0 aliphatic heterocycles. The minimum absolute atomic E-state index is 0.820. The second-order valence-electron chi connectivity index (χ2n) is 9.24. The summed E-state index contributed by atoms with van der Waals surface area (Å²) in [4.78, 5) is 19.5. The van der Waals surface area contributed by atoms with Gasteiger partial charge in [-0.2, -0.15) is 0 Å². The molecule has 178 valence electrons. The summed E-state index contributed by atoms with van der Waals surface area (Å²) in [5, 5.41) is 0. The molecular weight excluding hydrogens is 468 g/mol. The number of benzene rings is 2. The molecule has 0 aliphatic rings. The van der Waals surface area contributed by atoms with E-state index in [1.54, 1.807) is 0 Å². The van der Waals surface area contributed by atoms with E-state index in [1.165, 1.54) is 0 Å². The molecule has 0 bridgehead atoms. The third-order valence-electron chi connectivity index (χ3n) is 7.06.